The summed E-state index contributed by atoms with van der Waals surface area (Å²) < 4.78 is 10.2. The molecule has 0 unspecified atom stereocenters. The van der Waals surface area contributed by atoms with Crippen LogP contribution in [0.5, 0.6) is 5.75 Å². The molecule has 0 saturated heterocycles. The van der Waals surface area contributed by atoms with Gasteiger partial charge in [0.2, 0.25) is 5.91 Å². The average molecular weight is 473 g/mol. The molecule has 0 saturated carbocycles. The molecule has 13 heteroatoms. The number of hydrogen-bond donors (Lipinski definition) is 4. The molecule has 0 radical (unpaired) electrons. The number of rotatable bonds is 11. The Morgan fingerprint density at radius 2 is 1.68 bits per heavy atom. The third-order valence-corrected chi connectivity index (χ3v) is 4.25. The van der Waals surface area contributed by atoms with Crippen LogP contribution in [0.2, 0.25) is 0 Å². The minimum atomic E-state index is -1.24. The third-order valence-electron chi connectivity index (χ3n) is 4.25. The first-order chi connectivity index (χ1) is 16.3. The van der Waals surface area contributed by atoms with E-state index < -0.39 is 41.4 Å². The second-order valence-electron chi connectivity index (χ2n) is 6.81. The molecule has 34 heavy (non-hydrogen) atoms. The van der Waals surface area contributed by atoms with Crippen LogP contribution < -0.4 is 26.6 Å². The van der Waals surface area contributed by atoms with Crippen molar-refractivity contribution >= 4 is 29.5 Å². The number of carbonyl (C=O) groups excluding carboxylic acids is 4. The SMILES string of the molecule is NC(=O)CC[C@H](NC(=O)OCc1ccccc1)C(=O)NNC(=O)COc1ccccc1[N+](=O)[O-]. The van der Waals surface area contributed by atoms with Gasteiger partial charge in [-0.25, -0.2) is 4.79 Å². The van der Waals surface area contributed by atoms with Crippen LogP contribution in [-0.2, 0) is 25.7 Å². The molecule has 0 aliphatic carbocycles. The van der Waals surface area contributed by atoms with Gasteiger partial charge in [0.05, 0.1) is 4.92 Å². The Morgan fingerprint density at radius 1 is 1.00 bits per heavy atom. The van der Waals surface area contributed by atoms with Crippen LogP contribution in [0.3, 0.4) is 0 Å². The summed E-state index contributed by atoms with van der Waals surface area (Å²) >= 11 is 0. The zero-order chi connectivity index (χ0) is 24.9. The lowest BCUT2D eigenvalue weighted by molar-refractivity contribution is -0.385. The van der Waals surface area contributed by atoms with Crippen LogP contribution in [0.4, 0.5) is 10.5 Å². The number of benzene rings is 2. The van der Waals surface area contributed by atoms with Crippen molar-refractivity contribution in [3.05, 3.63) is 70.3 Å². The van der Waals surface area contributed by atoms with E-state index in [1.165, 1.54) is 24.3 Å². The number of nitrogens with two attached hydrogens (primary N) is 1. The van der Waals surface area contributed by atoms with Gasteiger partial charge in [-0.1, -0.05) is 42.5 Å². The smallest absolute Gasteiger partial charge is 0.408 e. The van der Waals surface area contributed by atoms with E-state index in [0.717, 1.165) is 5.56 Å². The lowest BCUT2D eigenvalue weighted by Gasteiger charge is -2.18. The number of hydrogen-bond acceptors (Lipinski definition) is 8. The van der Waals surface area contributed by atoms with Crippen LogP contribution in [0.15, 0.2) is 54.6 Å². The van der Waals surface area contributed by atoms with E-state index in [9.17, 15) is 29.3 Å². The Kier molecular flexibility index (Phi) is 9.78. The Hall–Kier alpha value is -4.68. The summed E-state index contributed by atoms with van der Waals surface area (Å²) in [5.74, 6) is -2.50. The number of alkyl carbamates (subject to hydrolysis) is 1. The lowest BCUT2D eigenvalue weighted by atomic mass is 10.1. The van der Waals surface area contributed by atoms with Crippen molar-refractivity contribution in [2.24, 2.45) is 5.73 Å². The first kappa shape index (κ1) is 25.6. The van der Waals surface area contributed by atoms with Gasteiger partial charge in [-0.3, -0.25) is 35.3 Å². The Balaban J connectivity index is 1.86. The van der Waals surface area contributed by atoms with Crippen LogP contribution >= 0.6 is 0 Å². The number of nitro benzene ring substituents is 1. The van der Waals surface area contributed by atoms with Gasteiger partial charge in [-0.2, -0.15) is 0 Å². The van der Waals surface area contributed by atoms with Crippen molar-refractivity contribution in [1.82, 2.24) is 16.2 Å². The van der Waals surface area contributed by atoms with Crippen molar-refractivity contribution in [2.75, 3.05) is 6.61 Å². The average Bonchev–Trinajstić information content (AvgIpc) is 2.83. The fraction of sp³-hybridized carbons (Fsp3) is 0.238. The summed E-state index contributed by atoms with van der Waals surface area (Å²) in [5.41, 5.74) is 9.65. The summed E-state index contributed by atoms with van der Waals surface area (Å²) in [7, 11) is 0. The summed E-state index contributed by atoms with van der Waals surface area (Å²) in [4.78, 5) is 57.8. The Bertz CT molecular complexity index is 1030. The lowest BCUT2D eigenvalue weighted by Crippen LogP contribution is -2.53. The van der Waals surface area contributed by atoms with Crippen LogP contribution in [-0.4, -0.2) is 41.4 Å². The molecule has 13 nitrogen and oxygen atoms in total. The van der Waals surface area contributed by atoms with E-state index in [1.807, 2.05) is 0 Å². The second kappa shape index (κ2) is 13.0. The predicted molar refractivity (Wildman–Crippen MR) is 117 cm³/mol. The number of nitrogens with zero attached hydrogens (tertiary/aromatic N) is 1. The summed E-state index contributed by atoms with van der Waals surface area (Å²) in [5, 5.41) is 13.3. The molecular formula is C21H23N5O8. The van der Waals surface area contributed by atoms with Crippen LogP contribution in [0.25, 0.3) is 0 Å². The largest absolute Gasteiger partial charge is 0.477 e. The molecule has 0 aliphatic rings. The van der Waals surface area contributed by atoms with E-state index in [1.54, 1.807) is 30.3 Å². The molecule has 180 valence electrons. The Labute approximate surface area is 193 Å². The summed E-state index contributed by atoms with van der Waals surface area (Å²) in [6, 6.07) is 13.0. The number of carbonyl (C=O) groups is 4. The molecule has 2 rings (SSSR count). The standard InChI is InChI=1S/C21H23N5O8/c22-18(27)11-10-15(23-21(30)34-12-14-6-2-1-3-7-14)20(29)25-24-19(28)13-33-17-9-5-4-8-16(17)26(31)32/h1-9,15H,10-13H2,(H2,22,27)(H,23,30)(H,24,28)(H,25,29)/t15-/m0/s1. The van der Waals surface area contributed by atoms with Crippen molar-refractivity contribution in [1.29, 1.82) is 0 Å². The highest BCUT2D eigenvalue weighted by Gasteiger charge is 2.23. The number of para-hydroxylation sites is 2. The maximum absolute atomic E-state index is 12.4. The highest BCUT2D eigenvalue weighted by atomic mass is 16.6. The molecule has 2 aromatic rings. The van der Waals surface area contributed by atoms with Crippen molar-refractivity contribution < 1.29 is 33.6 Å². The zero-order valence-corrected chi connectivity index (χ0v) is 17.9. The molecular weight excluding hydrogens is 450 g/mol. The molecule has 2 aromatic carbocycles. The highest BCUT2D eigenvalue weighted by molar-refractivity contribution is 5.88. The molecule has 0 aliphatic heterocycles. The van der Waals surface area contributed by atoms with E-state index in [4.69, 9.17) is 15.2 Å². The molecule has 0 aromatic heterocycles. The van der Waals surface area contributed by atoms with Crippen molar-refractivity contribution in [3.63, 3.8) is 0 Å². The first-order valence-corrected chi connectivity index (χ1v) is 9.96. The number of nitro groups is 1. The van der Waals surface area contributed by atoms with Crippen LogP contribution in [0, 0.1) is 10.1 Å². The van der Waals surface area contributed by atoms with Gasteiger partial charge >= 0.3 is 11.8 Å². The van der Waals surface area contributed by atoms with Crippen molar-refractivity contribution in [3.8, 4) is 5.75 Å². The molecule has 0 spiro atoms. The molecule has 5 N–H and O–H groups in total. The Morgan fingerprint density at radius 3 is 2.35 bits per heavy atom. The van der Waals surface area contributed by atoms with Crippen LogP contribution in [0.1, 0.15) is 18.4 Å². The monoisotopic (exact) mass is 473 g/mol. The van der Waals surface area contributed by atoms with E-state index in [-0.39, 0.29) is 30.9 Å². The van der Waals surface area contributed by atoms with E-state index in [2.05, 4.69) is 16.2 Å². The van der Waals surface area contributed by atoms with Gasteiger partial charge in [-0.05, 0) is 18.1 Å². The van der Waals surface area contributed by atoms with Gasteiger partial charge in [-0.15, -0.1) is 0 Å². The normalized spacial score (nSPS) is 10.9. The molecule has 0 bridgehead atoms. The number of primary amides is 1. The molecule has 0 heterocycles. The molecule has 4 amide bonds. The van der Waals surface area contributed by atoms with Gasteiger partial charge in [0.1, 0.15) is 12.6 Å². The number of amides is 4. The maximum Gasteiger partial charge on any atom is 0.408 e. The van der Waals surface area contributed by atoms with Gasteiger partial charge in [0.15, 0.2) is 12.4 Å². The topological polar surface area (TPSA) is 192 Å². The summed E-state index contributed by atoms with van der Waals surface area (Å²) in [6.07, 6.45) is -1.28. The molecule has 1 atom stereocenters. The minimum absolute atomic E-state index is 0.0451. The number of nitrogens with one attached hydrogen (secondary N) is 3. The summed E-state index contributed by atoms with van der Waals surface area (Å²) in [6.45, 7) is -0.680. The predicted octanol–water partition coefficient (Wildman–Crippen LogP) is 0.681. The van der Waals surface area contributed by atoms with Crippen molar-refractivity contribution in [2.45, 2.75) is 25.5 Å². The van der Waals surface area contributed by atoms with E-state index in [0.29, 0.717) is 0 Å². The number of hydrazine groups is 1. The van der Waals surface area contributed by atoms with E-state index >= 15 is 0 Å². The zero-order valence-electron chi connectivity index (χ0n) is 17.9. The fourth-order valence-electron chi connectivity index (χ4n) is 2.59. The minimum Gasteiger partial charge on any atom is -0.477 e. The van der Waals surface area contributed by atoms with Gasteiger partial charge < -0.3 is 20.5 Å². The maximum atomic E-state index is 12.4. The van der Waals surface area contributed by atoms with Gasteiger partial charge in [0, 0.05) is 12.5 Å². The second-order valence-corrected chi connectivity index (χ2v) is 6.81. The highest BCUT2D eigenvalue weighted by Crippen LogP contribution is 2.25. The third kappa shape index (κ3) is 8.82. The molecule has 0 fully saturated rings. The first-order valence-electron chi connectivity index (χ1n) is 9.96. The fourth-order valence-corrected chi connectivity index (χ4v) is 2.59. The quantitative estimate of drug-likeness (QED) is 0.270. The van der Waals surface area contributed by atoms with Gasteiger partial charge in [0.25, 0.3) is 11.8 Å². The number of ether oxygens (including phenoxy) is 2.